The third kappa shape index (κ3) is 1.33. The van der Waals surface area contributed by atoms with Crippen molar-refractivity contribution in [3.8, 4) is 17.2 Å². The highest BCUT2D eigenvalue weighted by Gasteiger charge is 2.38. The largest absolute Gasteiger partial charge is 0.507 e. The molecule has 0 saturated carbocycles. The maximum atomic E-state index is 9.75. The van der Waals surface area contributed by atoms with E-state index in [1.807, 2.05) is 0 Å². The van der Waals surface area contributed by atoms with E-state index in [2.05, 4.69) is 0 Å². The van der Waals surface area contributed by atoms with E-state index in [0.717, 1.165) is 0 Å². The van der Waals surface area contributed by atoms with Gasteiger partial charge >= 0.3 is 0 Å². The van der Waals surface area contributed by atoms with Gasteiger partial charge in [0.15, 0.2) is 0 Å². The summed E-state index contributed by atoms with van der Waals surface area (Å²) in [5.74, 6) is 1.05. The minimum absolute atomic E-state index is 0.0277. The van der Waals surface area contributed by atoms with Crippen molar-refractivity contribution in [2.75, 3.05) is 7.11 Å². The first-order valence-electron chi connectivity index (χ1n) is 4.65. The third-order valence-corrected chi connectivity index (χ3v) is 2.51. The van der Waals surface area contributed by atoms with Gasteiger partial charge in [-0.2, -0.15) is 0 Å². The molecule has 0 amide bonds. The van der Waals surface area contributed by atoms with Gasteiger partial charge in [-0.3, -0.25) is 0 Å². The standard InChI is InChI=1S/C11H13NO3/c1-11(2)10(12)9-7(13)4-6(14-3)5-8(9)15-11/h4-5,12-13H,1-3H3. The van der Waals surface area contributed by atoms with E-state index in [1.165, 1.54) is 13.2 Å². The minimum Gasteiger partial charge on any atom is -0.507 e. The van der Waals surface area contributed by atoms with Crippen molar-refractivity contribution >= 4 is 5.71 Å². The Balaban J connectivity index is 2.60. The van der Waals surface area contributed by atoms with Crippen LogP contribution in [-0.2, 0) is 0 Å². The number of aromatic hydroxyl groups is 1. The van der Waals surface area contributed by atoms with Crippen LogP contribution in [0.5, 0.6) is 17.2 Å². The van der Waals surface area contributed by atoms with Gasteiger partial charge in [0.25, 0.3) is 0 Å². The van der Waals surface area contributed by atoms with Crippen molar-refractivity contribution in [3.63, 3.8) is 0 Å². The van der Waals surface area contributed by atoms with Crippen LogP contribution in [0.25, 0.3) is 0 Å². The lowest BCUT2D eigenvalue weighted by Gasteiger charge is -2.17. The van der Waals surface area contributed by atoms with Crippen LogP contribution in [0.4, 0.5) is 0 Å². The Morgan fingerprint density at radius 3 is 2.67 bits per heavy atom. The summed E-state index contributed by atoms with van der Waals surface area (Å²) in [5.41, 5.74) is 0.0603. The van der Waals surface area contributed by atoms with E-state index in [0.29, 0.717) is 17.1 Å². The highest BCUT2D eigenvalue weighted by molar-refractivity contribution is 6.10. The molecule has 2 rings (SSSR count). The second kappa shape index (κ2) is 2.89. The molecule has 4 nitrogen and oxygen atoms in total. The Morgan fingerprint density at radius 1 is 1.40 bits per heavy atom. The van der Waals surface area contributed by atoms with E-state index in [1.54, 1.807) is 19.9 Å². The number of phenols is 1. The lowest BCUT2D eigenvalue weighted by Crippen LogP contribution is -2.32. The molecule has 1 aliphatic heterocycles. The number of benzene rings is 1. The quantitative estimate of drug-likeness (QED) is 0.739. The summed E-state index contributed by atoms with van der Waals surface area (Å²) in [6, 6.07) is 3.16. The Labute approximate surface area is 88.0 Å². The maximum Gasteiger partial charge on any atom is 0.145 e. The Morgan fingerprint density at radius 2 is 2.07 bits per heavy atom. The SMILES string of the molecule is COc1cc(O)c2c(c1)OC(C)(C)C2=N. The maximum absolute atomic E-state index is 9.75. The van der Waals surface area contributed by atoms with Gasteiger partial charge < -0.3 is 20.0 Å². The minimum atomic E-state index is -0.688. The van der Waals surface area contributed by atoms with Crippen LogP contribution in [0.2, 0.25) is 0 Å². The van der Waals surface area contributed by atoms with Crippen LogP contribution in [0.3, 0.4) is 0 Å². The summed E-state index contributed by atoms with van der Waals surface area (Å²) in [7, 11) is 1.52. The second-order valence-corrected chi connectivity index (χ2v) is 4.01. The van der Waals surface area contributed by atoms with E-state index >= 15 is 0 Å². The molecular weight excluding hydrogens is 194 g/mol. The van der Waals surface area contributed by atoms with Crippen molar-refractivity contribution < 1.29 is 14.6 Å². The number of methoxy groups -OCH3 is 1. The number of fused-ring (bicyclic) bond motifs is 1. The fourth-order valence-corrected chi connectivity index (χ4v) is 1.65. The molecule has 0 radical (unpaired) electrons. The van der Waals surface area contributed by atoms with E-state index in [-0.39, 0.29) is 11.5 Å². The van der Waals surface area contributed by atoms with Crippen LogP contribution >= 0.6 is 0 Å². The van der Waals surface area contributed by atoms with Gasteiger partial charge in [0.2, 0.25) is 0 Å². The second-order valence-electron chi connectivity index (χ2n) is 4.01. The smallest absolute Gasteiger partial charge is 0.145 e. The van der Waals surface area contributed by atoms with Gasteiger partial charge in [0.05, 0.1) is 18.4 Å². The number of hydrogen-bond acceptors (Lipinski definition) is 4. The highest BCUT2D eigenvalue weighted by Crippen LogP contribution is 2.42. The molecule has 0 spiro atoms. The van der Waals surface area contributed by atoms with Crippen molar-refractivity contribution in [2.24, 2.45) is 0 Å². The lowest BCUT2D eigenvalue weighted by atomic mass is 9.98. The van der Waals surface area contributed by atoms with E-state index in [4.69, 9.17) is 14.9 Å². The van der Waals surface area contributed by atoms with E-state index < -0.39 is 5.60 Å². The molecule has 0 bridgehead atoms. The zero-order valence-electron chi connectivity index (χ0n) is 8.92. The molecule has 1 aromatic carbocycles. The van der Waals surface area contributed by atoms with Gasteiger partial charge in [-0.25, -0.2) is 0 Å². The van der Waals surface area contributed by atoms with Crippen LogP contribution in [0.15, 0.2) is 12.1 Å². The lowest BCUT2D eigenvalue weighted by molar-refractivity contribution is 0.196. The van der Waals surface area contributed by atoms with Crippen LogP contribution < -0.4 is 9.47 Å². The summed E-state index contributed by atoms with van der Waals surface area (Å²) in [4.78, 5) is 0. The molecule has 4 heteroatoms. The first-order chi connectivity index (χ1) is 6.95. The fourth-order valence-electron chi connectivity index (χ4n) is 1.65. The molecule has 15 heavy (non-hydrogen) atoms. The Hall–Kier alpha value is -1.71. The molecule has 1 aliphatic rings. The average Bonchev–Trinajstić information content (AvgIpc) is 2.37. The normalized spacial score (nSPS) is 17.1. The predicted molar refractivity (Wildman–Crippen MR) is 56.2 cm³/mol. The first-order valence-corrected chi connectivity index (χ1v) is 4.65. The van der Waals surface area contributed by atoms with Gasteiger partial charge in [-0.1, -0.05) is 0 Å². The predicted octanol–water partition coefficient (Wildman–Crippen LogP) is 1.94. The summed E-state index contributed by atoms with van der Waals surface area (Å²) in [5, 5.41) is 17.6. The molecule has 0 atom stereocenters. The average molecular weight is 207 g/mol. The topological polar surface area (TPSA) is 62.5 Å². The van der Waals surface area contributed by atoms with Gasteiger partial charge in [0.1, 0.15) is 22.8 Å². The number of rotatable bonds is 1. The van der Waals surface area contributed by atoms with Crippen molar-refractivity contribution in [2.45, 2.75) is 19.4 Å². The fraction of sp³-hybridized carbons (Fsp3) is 0.364. The van der Waals surface area contributed by atoms with Crippen LogP contribution in [0, 0.1) is 5.41 Å². The highest BCUT2D eigenvalue weighted by atomic mass is 16.5. The van der Waals surface area contributed by atoms with Crippen molar-refractivity contribution in [1.29, 1.82) is 5.41 Å². The molecule has 0 aliphatic carbocycles. The van der Waals surface area contributed by atoms with Crippen LogP contribution in [-0.4, -0.2) is 23.5 Å². The summed E-state index contributed by atoms with van der Waals surface area (Å²) < 4.78 is 10.6. The molecule has 0 aromatic heterocycles. The van der Waals surface area contributed by atoms with Crippen molar-refractivity contribution in [3.05, 3.63) is 17.7 Å². The molecule has 80 valence electrons. The molecule has 0 saturated heterocycles. The van der Waals surface area contributed by atoms with Crippen LogP contribution in [0.1, 0.15) is 19.4 Å². The Kier molecular flexibility index (Phi) is 1.89. The third-order valence-electron chi connectivity index (χ3n) is 2.51. The van der Waals surface area contributed by atoms with Crippen molar-refractivity contribution in [1.82, 2.24) is 0 Å². The molecule has 1 heterocycles. The molecule has 2 N–H and O–H groups in total. The van der Waals surface area contributed by atoms with Gasteiger partial charge in [-0.15, -0.1) is 0 Å². The summed E-state index contributed by atoms with van der Waals surface area (Å²) in [6.07, 6.45) is 0. The monoisotopic (exact) mass is 207 g/mol. The molecule has 0 unspecified atom stereocenters. The van der Waals surface area contributed by atoms with Gasteiger partial charge in [0, 0.05) is 12.1 Å². The van der Waals surface area contributed by atoms with Gasteiger partial charge in [-0.05, 0) is 13.8 Å². The first kappa shape index (κ1) is 9.83. The molecule has 1 aromatic rings. The number of phenolic OH excluding ortho intramolecular Hbond substituents is 1. The Bertz CT molecular complexity index is 438. The number of nitrogens with one attached hydrogen (secondary N) is 1. The molecule has 0 fully saturated rings. The number of hydrogen-bond donors (Lipinski definition) is 2. The number of ether oxygens (including phenoxy) is 2. The van der Waals surface area contributed by atoms with E-state index in [9.17, 15) is 5.11 Å². The zero-order chi connectivity index (χ0) is 11.2. The summed E-state index contributed by atoms with van der Waals surface area (Å²) in [6.45, 7) is 3.59. The molecular formula is C11H13NO3. The summed E-state index contributed by atoms with van der Waals surface area (Å²) >= 11 is 0. The zero-order valence-corrected chi connectivity index (χ0v) is 8.92.